The Morgan fingerprint density at radius 3 is 2.87 bits per heavy atom. The number of ether oxygens (including phenoxy) is 1. The first-order valence-electron chi connectivity index (χ1n) is 6.15. The molecule has 0 aromatic heterocycles. The van der Waals surface area contributed by atoms with Gasteiger partial charge in [0.25, 0.3) is 0 Å². The molecule has 1 aliphatic heterocycles. The average Bonchev–Trinajstić information content (AvgIpc) is 2.54. The zero-order chi connectivity index (χ0) is 11.3. The third-order valence-corrected chi connectivity index (χ3v) is 3.69. The number of hydrogen-bond acceptors (Lipinski definition) is 3. The first-order valence-corrected chi connectivity index (χ1v) is 6.15. The molecule has 15 heavy (non-hydrogen) atoms. The molecule has 1 aliphatic rings. The molecule has 0 spiro atoms. The molecule has 0 bridgehead atoms. The minimum absolute atomic E-state index is 0.186. The number of rotatable bonds is 6. The quantitative estimate of drug-likeness (QED) is 0.659. The molecule has 3 unspecified atom stereocenters. The molecule has 1 saturated heterocycles. The van der Waals surface area contributed by atoms with Crippen molar-refractivity contribution in [1.29, 1.82) is 0 Å². The molecule has 3 atom stereocenters. The summed E-state index contributed by atoms with van der Waals surface area (Å²) in [5.41, 5.74) is 5.77. The SMILES string of the molecule is CC(CN)CCCNC1(C)CCOC1C. The van der Waals surface area contributed by atoms with Crippen molar-refractivity contribution in [2.24, 2.45) is 11.7 Å². The summed E-state index contributed by atoms with van der Waals surface area (Å²) in [7, 11) is 0. The molecule has 1 rings (SSSR count). The van der Waals surface area contributed by atoms with Crippen LogP contribution < -0.4 is 11.1 Å². The maximum atomic E-state index is 5.59. The van der Waals surface area contributed by atoms with Crippen LogP contribution in [0.2, 0.25) is 0 Å². The maximum absolute atomic E-state index is 5.59. The smallest absolute Gasteiger partial charge is 0.0726 e. The van der Waals surface area contributed by atoms with Crippen molar-refractivity contribution in [3.05, 3.63) is 0 Å². The normalized spacial score (nSPS) is 33.2. The minimum Gasteiger partial charge on any atom is -0.377 e. The largest absolute Gasteiger partial charge is 0.377 e. The fourth-order valence-corrected chi connectivity index (χ4v) is 2.01. The lowest BCUT2D eigenvalue weighted by atomic mass is 9.94. The van der Waals surface area contributed by atoms with E-state index in [9.17, 15) is 0 Å². The van der Waals surface area contributed by atoms with Gasteiger partial charge in [0.1, 0.15) is 0 Å². The summed E-state index contributed by atoms with van der Waals surface area (Å²) in [4.78, 5) is 0. The Kier molecular flexibility index (Phi) is 5.03. The fourth-order valence-electron chi connectivity index (χ4n) is 2.01. The zero-order valence-electron chi connectivity index (χ0n) is 10.4. The Morgan fingerprint density at radius 2 is 2.33 bits per heavy atom. The van der Waals surface area contributed by atoms with Crippen LogP contribution in [0.15, 0.2) is 0 Å². The van der Waals surface area contributed by atoms with Crippen LogP contribution in [-0.2, 0) is 4.74 Å². The third kappa shape index (κ3) is 3.74. The van der Waals surface area contributed by atoms with Crippen molar-refractivity contribution in [3.63, 3.8) is 0 Å². The van der Waals surface area contributed by atoms with E-state index >= 15 is 0 Å². The maximum Gasteiger partial charge on any atom is 0.0726 e. The molecule has 0 aromatic rings. The molecule has 3 N–H and O–H groups in total. The van der Waals surface area contributed by atoms with Crippen molar-refractivity contribution in [2.75, 3.05) is 19.7 Å². The Bertz CT molecular complexity index is 186. The van der Waals surface area contributed by atoms with Gasteiger partial charge >= 0.3 is 0 Å². The van der Waals surface area contributed by atoms with Gasteiger partial charge in [0, 0.05) is 12.1 Å². The molecule has 0 amide bonds. The van der Waals surface area contributed by atoms with Crippen LogP contribution in [-0.4, -0.2) is 31.3 Å². The lowest BCUT2D eigenvalue weighted by Gasteiger charge is -2.29. The summed E-state index contributed by atoms with van der Waals surface area (Å²) < 4.78 is 5.59. The Morgan fingerprint density at radius 1 is 1.60 bits per heavy atom. The van der Waals surface area contributed by atoms with Crippen LogP contribution >= 0.6 is 0 Å². The summed E-state index contributed by atoms with van der Waals surface area (Å²) in [5.74, 6) is 0.650. The van der Waals surface area contributed by atoms with E-state index in [1.807, 2.05) is 0 Å². The van der Waals surface area contributed by atoms with Crippen molar-refractivity contribution < 1.29 is 4.74 Å². The van der Waals surface area contributed by atoms with E-state index in [0.29, 0.717) is 12.0 Å². The highest BCUT2D eigenvalue weighted by Gasteiger charge is 2.35. The van der Waals surface area contributed by atoms with Crippen LogP contribution in [0.5, 0.6) is 0 Å². The summed E-state index contributed by atoms with van der Waals surface area (Å²) in [5, 5.41) is 3.62. The van der Waals surface area contributed by atoms with Gasteiger partial charge in [-0.3, -0.25) is 0 Å². The van der Waals surface area contributed by atoms with Crippen LogP contribution in [0, 0.1) is 5.92 Å². The fraction of sp³-hybridized carbons (Fsp3) is 1.00. The second kappa shape index (κ2) is 5.83. The second-order valence-electron chi connectivity index (χ2n) is 5.09. The molecule has 3 nitrogen and oxygen atoms in total. The topological polar surface area (TPSA) is 47.3 Å². The lowest BCUT2D eigenvalue weighted by molar-refractivity contribution is 0.0886. The van der Waals surface area contributed by atoms with Gasteiger partial charge in [0.15, 0.2) is 0 Å². The molecular weight excluding hydrogens is 188 g/mol. The van der Waals surface area contributed by atoms with Crippen molar-refractivity contribution in [1.82, 2.24) is 5.32 Å². The minimum atomic E-state index is 0.186. The molecule has 0 radical (unpaired) electrons. The van der Waals surface area contributed by atoms with Crippen LogP contribution in [0.3, 0.4) is 0 Å². The molecule has 0 aliphatic carbocycles. The van der Waals surface area contributed by atoms with Crippen LogP contribution in [0.1, 0.15) is 40.0 Å². The first kappa shape index (κ1) is 12.9. The van der Waals surface area contributed by atoms with Gasteiger partial charge in [0.05, 0.1) is 6.10 Å². The van der Waals surface area contributed by atoms with Crippen molar-refractivity contribution >= 4 is 0 Å². The highest BCUT2D eigenvalue weighted by atomic mass is 16.5. The number of nitrogens with one attached hydrogen (secondary N) is 1. The highest BCUT2D eigenvalue weighted by molar-refractivity contribution is 4.93. The second-order valence-corrected chi connectivity index (χ2v) is 5.09. The molecule has 3 heteroatoms. The molecular formula is C12H26N2O. The first-order chi connectivity index (χ1) is 7.08. The van der Waals surface area contributed by atoms with Gasteiger partial charge < -0.3 is 15.8 Å². The van der Waals surface area contributed by atoms with E-state index in [4.69, 9.17) is 10.5 Å². The molecule has 1 fully saturated rings. The van der Waals surface area contributed by atoms with Crippen molar-refractivity contribution in [3.8, 4) is 0 Å². The van der Waals surface area contributed by atoms with E-state index < -0.39 is 0 Å². The van der Waals surface area contributed by atoms with E-state index in [1.54, 1.807) is 0 Å². The predicted octanol–water partition coefficient (Wildman–Crippen LogP) is 1.52. The number of hydrogen-bond donors (Lipinski definition) is 2. The van der Waals surface area contributed by atoms with Gasteiger partial charge in [-0.2, -0.15) is 0 Å². The Labute approximate surface area is 93.8 Å². The average molecular weight is 214 g/mol. The zero-order valence-corrected chi connectivity index (χ0v) is 10.4. The summed E-state index contributed by atoms with van der Waals surface area (Å²) in [6.45, 7) is 9.40. The molecule has 0 aromatic carbocycles. The van der Waals surface area contributed by atoms with Gasteiger partial charge in [-0.25, -0.2) is 0 Å². The van der Waals surface area contributed by atoms with E-state index in [2.05, 4.69) is 26.1 Å². The standard InChI is InChI=1S/C12H26N2O/c1-10(9-13)5-4-7-14-12(3)6-8-15-11(12)2/h10-11,14H,4-9,13H2,1-3H3. The predicted molar refractivity (Wildman–Crippen MR) is 63.9 cm³/mol. The Balaban J connectivity index is 2.14. The van der Waals surface area contributed by atoms with Crippen LogP contribution in [0.25, 0.3) is 0 Å². The molecule has 0 saturated carbocycles. The summed E-state index contributed by atoms with van der Waals surface area (Å²) in [6.07, 6.45) is 3.89. The monoisotopic (exact) mass is 214 g/mol. The third-order valence-electron chi connectivity index (χ3n) is 3.69. The van der Waals surface area contributed by atoms with Gasteiger partial charge in [-0.1, -0.05) is 6.92 Å². The number of nitrogens with two attached hydrogens (primary N) is 1. The van der Waals surface area contributed by atoms with Gasteiger partial charge in [-0.05, 0) is 52.1 Å². The van der Waals surface area contributed by atoms with E-state index in [0.717, 1.165) is 26.1 Å². The molecule has 1 heterocycles. The van der Waals surface area contributed by atoms with Gasteiger partial charge in [-0.15, -0.1) is 0 Å². The van der Waals surface area contributed by atoms with Gasteiger partial charge in [0.2, 0.25) is 0 Å². The summed E-state index contributed by atoms with van der Waals surface area (Å²) in [6, 6.07) is 0. The van der Waals surface area contributed by atoms with E-state index in [1.165, 1.54) is 12.8 Å². The molecule has 90 valence electrons. The van der Waals surface area contributed by atoms with Crippen LogP contribution in [0.4, 0.5) is 0 Å². The highest BCUT2D eigenvalue weighted by Crippen LogP contribution is 2.24. The lowest BCUT2D eigenvalue weighted by Crippen LogP contribution is -2.48. The van der Waals surface area contributed by atoms with Crippen molar-refractivity contribution in [2.45, 2.75) is 51.7 Å². The van der Waals surface area contributed by atoms with E-state index in [-0.39, 0.29) is 5.54 Å². The summed E-state index contributed by atoms with van der Waals surface area (Å²) >= 11 is 0. The Hall–Kier alpha value is -0.120.